The van der Waals surface area contributed by atoms with E-state index in [-0.39, 0.29) is 29.4 Å². The number of piperidine rings is 1. The predicted octanol–water partition coefficient (Wildman–Crippen LogP) is 2.26. The van der Waals surface area contributed by atoms with E-state index >= 15 is 0 Å². The Morgan fingerprint density at radius 2 is 2.06 bits per heavy atom. The number of hydrogen-bond donors (Lipinski definition) is 2. The van der Waals surface area contributed by atoms with Crippen molar-refractivity contribution in [2.75, 3.05) is 20.1 Å². The number of likely N-dealkylation sites (tertiary alicyclic amines) is 1. The van der Waals surface area contributed by atoms with Crippen molar-refractivity contribution in [3.63, 3.8) is 0 Å². The number of phenols is 1. The molecule has 1 fully saturated rings. The molecule has 9 heteroatoms. The Bertz CT molecular complexity index is 886. The maximum atomic E-state index is 13.9. The number of hydrogen-bond acceptors (Lipinski definition) is 6. The van der Waals surface area contributed by atoms with Gasteiger partial charge in [-0.1, -0.05) is 12.5 Å². The zero-order valence-corrected chi connectivity index (χ0v) is 17.6. The molecule has 0 saturated carbocycles. The highest BCUT2D eigenvalue weighted by Gasteiger charge is 2.23. The second-order valence-corrected chi connectivity index (χ2v) is 7.49. The second kappa shape index (κ2) is 11.4. The first-order valence-corrected chi connectivity index (χ1v) is 9.98. The smallest absolute Gasteiger partial charge is 0.248 e. The fourth-order valence-corrected chi connectivity index (χ4v) is 3.43. The van der Waals surface area contributed by atoms with Crippen molar-refractivity contribution in [2.45, 2.75) is 38.8 Å². The molecule has 31 heavy (non-hydrogen) atoms. The third-order valence-corrected chi connectivity index (χ3v) is 5.31. The predicted molar refractivity (Wildman–Crippen MR) is 111 cm³/mol. The summed E-state index contributed by atoms with van der Waals surface area (Å²) >= 11 is 0. The summed E-state index contributed by atoms with van der Waals surface area (Å²) < 4.78 is 27.1. The molecular weight excluding hydrogens is 408 g/mol. The molecule has 0 bridgehead atoms. The normalized spacial score (nSPS) is 17.9. The van der Waals surface area contributed by atoms with Crippen molar-refractivity contribution >= 4 is 18.5 Å². The number of aromatic hydroxyl groups is 1. The van der Waals surface area contributed by atoms with E-state index in [0.29, 0.717) is 19.1 Å². The quantitative estimate of drug-likeness (QED) is 0.457. The number of nitrogens with one attached hydrogen (secondary N) is 1. The second-order valence-electron chi connectivity index (χ2n) is 7.49. The Hall–Kier alpha value is -3.07. The molecule has 0 spiro atoms. The number of carbonyl (C=O) groups is 3. The van der Waals surface area contributed by atoms with Gasteiger partial charge >= 0.3 is 0 Å². The Morgan fingerprint density at radius 3 is 2.71 bits per heavy atom. The van der Waals surface area contributed by atoms with Crippen LogP contribution >= 0.6 is 0 Å². The number of rotatable bonds is 9. The summed E-state index contributed by atoms with van der Waals surface area (Å²) in [7, 11) is 1.99. The molecule has 0 radical (unpaired) electrons. The van der Waals surface area contributed by atoms with Gasteiger partial charge < -0.3 is 20.2 Å². The largest absolute Gasteiger partial charge is 0.503 e. The third kappa shape index (κ3) is 6.45. The van der Waals surface area contributed by atoms with Crippen LogP contribution in [0.5, 0.6) is 5.75 Å². The standard InChI is InChI=1S/C22H27F2N3O4/c1-15(22(31)25-11-16-6-7-19(23)21(30)20(16)24)12-27(18(14-29)8-10-28)13-17-5-3-4-9-26(17)2/h6-8,10,12,14,17,30H,3-5,9,11,13H2,1-2H3,(H,25,31)/b15-12+,18-8-. The van der Waals surface area contributed by atoms with E-state index < -0.39 is 23.3 Å². The lowest BCUT2D eigenvalue weighted by Gasteiger charge is -2.36. The molecule has 7 nitrogen and oxygen atoms in total. The van der Waals surface area contributed by atoms with Gasteiger partial charge in [-0.3, -0.25) is 14.4 Å². The molecule has 2 rings (SSSR count). The molecule has 1 aliphatic rings. The van der Waals surface area contributed by atoms with Gasteiger partial charge in [-0.15, -0.1) is 0 Å². The highest BCUT2D eigenvalue weighted by Crippen LogP contribution is 2.23. The molecule has 1 atom stereocenters. The molecule has 1 aromatic carbocycles. The van der Waals surface area contributed by atoms with Gasteiger partial charge in [0.05, 0.1) is 5.70 Å². The van der Waals surface area contributed by atoms with Crippen molar-refractivity contribution in [1.29, 1.82) is 0 Å². The maximum absolute atomic E-state index is 13.9. The van der Waals surface area contributed by atoms with Crippen LogP contribution in [0.15, 0.2) is 35.7 Å². The van der Waals surface area contributed by atoms with Crippen molar-refractivity contribution in [3.05, 3.63) is 52.9 Å². The van der Waals surface area contributed by atoms with Crippen LogP contribution in [0, 0.1) is 11.6 Å². The van der Waals surface area contributed by atoms with E-state index in [1.807, 2.05) is 7.05 Å². The van der Waals surface area contributed by atoms with Gasteiger partial charge in [0.1, 0.15) is 6.29 Å². The summed E-state index contributed by atoms with van der Waals surface area (Å²) in [4.78, 5) is 38.7. The molecule has 0 aliphatic carbocycles. The molecule has 168 valence electrons. The minimum Gasteiger partial charge on any atom is -0.503 e. The first-order valence-electron chi connectivity index (χ1n) is 9.98. The Balaban J connectivity index is 2.16. The lowest BCUT2D eigenvalue weighted by Crippen LogP contribution is -2.43. The van der Waals surface area contributed by atoms with Crippen LogP contribution in [0.2, 0.25) is 0 Å². The van der Waals surface area contributed by atoms with Gasteiger partial charge in [-0.25, -0.2) is 8.78 Å². The Kier molecular flexibility index (Phi) is 8.87. The number of halogens is 2. The number of phenolic OH excluding ortho intramolecular Hbond substituents is 1. The van der Waals surface area contributed by atoms with E-state index in [1.165, 1.54) is 13.1 Å². The van der Waals surface area contributed by atoms with Gasteiger partial charge in [0.25, 0.3) is 0 Å². The average molecular weight is 435 g/mol. The highest BCUT2D eigenvalue weighted by molar-refractivity contribution is 5.93. The fraction of sp³-hybridized carbons (Fsp3) is 0.409. The lowest BCUT2D eigenvalue weighted by atomic mass is 10.0. The number of nitrogens with zero attached hydrogens (tertiary/aromatic N) is 2. The van der Waals surface area contributed by atoms with Crippen LogP contribution < -0.4 is 5.32 Å². The van der Waals surface area contributed by atoms with E-state index in [9.17, 15) is 28.3 Å². The van der Waals surface area contributed by atoms with Crippen LogP contribution in [0.4, 0.5) is 8.78 Å². The van der Waals surface area contributed by atoms with E-state index in [4.69, 9.17) is 0 Å². The molecule has 1 unspecified atom stereocenters. The highest BCUT2D eigenvalue weighted by atomic mass is 19.1. The van der Waals surface area contributed by atoms with Gasteiger partial charge in [-0.2, -0.15) is 0 Å². The molecule has 1 amide bonds. The van der Waals surface area contributed by atoms with Crippen LogP contribution in [0.3, 0.4) is 0 Å². The Labute approximate surface area is 180 Å². The zero-order valence-electron chi connectivity index (χ0n) is 17.6. The molecule has 1 aliphatic heterocycles. The van der Waals surface area contributed by atoms with Crippen molar-refractivity contribution in [1.82, 2.24) is 15.1 Å². The van der Waals surface area contributed by atoms with E-state index in [2.05, 4.69) is 10.2 Å². The molecule has 0 aromatic heterocycles. The SMILES string of the molecule is C/C(=C\N(CC1CCCCN1C)/C(C=O)=C\C=O)C(=O)NCc1ccc(F)c(O)c1F. The van der Waals surface area contributed by atoms with Crippen molar-refractivity contribution in [3.8, 4) is 5.75 Å². The summed E-state index contributed by atoms with van der Waals surface area (Å²) in [6, 6.07) is 2.19. The first-order chi connectivity index (χ1) is 14.8. The summed E-state index contributed by atoms with van der Waals surface area (Å²) in [5.41, 5.74) is 0.273. The first kappa shape index (κ1) is 24.2. The van der Waals surface area contributed by atoms with Gasteiger partial charge in [0, 0.05) is 42.5 Å². The van der Waals surface area contributed by atoms with Crippen LogP contribution in [0.1, 0.15) is 31.7 Å². The van der Waals surface area contributed by atoms with E-state index in [1.54, 1.807) is 4.90 Å². The molecule has 1 aromatic rings. The number of carbonyl (C=O) groups excluding carboxylic acids is 3. The average Bonchev–Trinajstić information content (AvgIpc) is 2.76. The molecule has 1 heterocycles. The van der Waals surface area contributed by atoms with Gasteiger partial charge in [0.2, 0.25) is 5.91 Å². The monoisotopic (exact) mass is 435 g/mol. The fourth-order valence-electron chi connectivity index (χ4n) is 3.43. The number of aldehydes is 2. The van der Waals surface area contributed by atoms with Crippen LogP contribution in [-0.2, 0) is 20.9 Å². The number of likely N-dealkylation sites (N-methyl/N-ethyl adjacent to an activating group) is 1. The lowest BCUT2D eigenvalue weighted by molar-refractivity contribution is -0.117. The number of amides is 1. The Morgan fingerprint density at radius 1 is 1.32 bits per heavy atom. The van der Waals surface area contributed by atoms with Gasteiger partial charge in [0.15, 0.2) is 23.7 Å². The molecular formula is C22H27F2N3O4. The minimum atomic E-state index is -1.14. The summed E-state index contributed by atoms with van der Waals surface area (Å²) in [6.45, 7) is 2.60. The summed E-state index contributed by atoms with van der Waals surface area (Å²) in [6.07, 6.45) is 6.73. The maximum Gasteiger partial charge on any atom is 0.248 e. The molecule has 2 N–H and O–H groups in total. The number of allylic oxidation sites excluding steroid dienone is 2. The number of benzene rings is 1. The summed E-state index contributed by atoms with van der Waals surface area (Å²) in [5, 5.41) is 11.8. The van der Waals surface area contributed by atoms with Crippen LogP contribution in [0.25, 0.3) is 0 Å². The molecule has 1 saturated heterocycles. The van der Waals surface area contributed by atoms with Crippen LogP contribution in [-0.4, -0.2) is 59.6 Å². The van der Waals surface area contributed by atoms with Crippen molar-refractivity contribution in [2.24, 2.45) is 0 Å². The topological polar surface area (TPSA) is 90.0 Å². The third-order valence-electron chi connectivity index (χ3n) is 5.31. The van der Waals surface area contributed by atoms with Gasteiger partial charge in [-0.05, 0) is 39.4 Å². The summed E-state index contributed by atoms with van der Waals surface area (Å²) in [5.74, 6) is -3.87. The zero-order chi connectivity index (χ0) is 23.0. The minimum absolute atomic E-state index is 0.0739. The van der Waals surface area contributed by atoms with E-state index in [0.717, 1.165) is 44.0 Å². The van der Waals surface area contributed by atoms with Crippen molar-refractivity contribution < 1.29 is 28.3 Å².